The highest BCUT2D eigenvalue weighted by molar-refractivity contribution is 9.10. The van der Waals surface area contributed by atoms with Crippen molar-refractivity contribution in [2.45, 2.75) is 38.8 Å². The number of ether oxygens (including phenoxy) is 2. The molecule has 1 saturated heterocycles. The van der Waals surface area contributed by atoms with Crippen molar-refractivity contribution >= 4 is 33.6 Å². The molecule has 1 aliphatic rings. The van der Waals surface area contributed by atoms with Crippen molar-refractivity contribution < 1.29 is 14.3 Å². The number of carbonyl (C=O) groups excluding carboxylic acids is 1. The van der Waals surface area contributed by atoms with Crippen molar-refractivity contribution in [3.05, 3.63) is 33.3 Å². The number of halogens is 2. The van der Waals surface area contributed by atoms with Gasteiger partial charge in [-0.05, 0) is 51.0 Å². The van der Waals surface area contributed by atoms with E-state index < -0.39 is 5.60 Å². The summed E-state index contributed by atoms with van der Waals surface area (Å²) < 4.78 is 12.1. The minimum Gasteiger partial charge on any atom is -0.444 e. The molecule has 0 radical (unpaired) electrons. The fraction of sp³-hybridized carbons (Fsp3) is 0.562. The van der Waals surface area contributed by atoms with Gasteiger partial charge in [0.2, 0.25) is 0 Å². The first-order valence-corrected chi connectivity index (χ1v) is 8.47. The Hall–Kier alpha value is -0.780. The number of amides is 1. The molecule has 0 aromatic heterocycles. The number of hydrogen-bond donors (Lipinski definition) is 0. The van der Waals surface area contributed by atoms with E-state index in [0.717, 1.165) is 16.5 Å². The molecule has 1 unspecified atom stereocenters. The molecule has 0 saturated carbocycles. The highest BCUT2D eigenvalue weighted by Crippen LogP contribution is 2.32. The maximum atomic E-state index is 12.5. The molecule has 22 heavy (non-hydrogen) atoms. The van der Waals surface area contributed by atoms with Gasteiger partial charge in [0, 0.05) is 22.6 Å². The Bertz CT molecular complexity index is 545. The average Bonchev–Trinajstić information content (AvgIpc) is 2.65. The second-order valence-corrected chi connectivity index (χ2v) is 7.61. The fourth-order valence-corrected chi connectivity index (χ4v) is 2.97. The van der Waals surface area contributed by atoms with Crippen LogP contribution in [0.25, 0.3) is 0 Å². The zero-order chi connectivity index (χ0) is 16.3. The van der Waals surface area contributed by atoms with E-state index in [2.05, 4.69) is 15.9 Å². The SMILES string of the molecule is CC(C)(C)OC(=O)N1CCCOCC1c1cc(Br)ccc1Cl. The van der Waals surface area contributed by atoms with E-state index >= 15 is 0 Å². The third-order valence-electron chi connectivity index (χ3n) is 3.28. The van der Waals surface area contributed by atoms with Crippen LogP contribution in [0.2, 0.25) is 5.02 Å². The van der Waals surface area contributed by atoms with E-state index in [9.17, 15) is 4.79 Å². The van der Waals surface area contributed by atoms with Gasteiger partial charge in [0.05, 0.1) is 12.6 Å². The van der Waals surface area contributed by atoms with Crippen LogP contribution in [0.15, 0.2) is 22.7 Å². The molecule has 6 heteroatoms. The second kappa shape index (κ2) is 7.20. The highest BCUT2D eigenvalue weighted by atomic mass is 79.9. The van der Waals surface area contributed by atoms with Crippen molar-refractivity contribution in [1.82, 2.24) is 4.90 Å². The van der Waals surface area contributed by atoms with Crippen LogP contribution in [0.5, 0.6) is 0 Å². The summed E-state index contributed by atoms with van der Waals surface area (Å²) in [6.45, 7) is 7.21. The first-order chi connectivity index (χ1) is 10.3. The van der Waals surface area contributed by atoms with Crippen LogP contribution in [0.1, 0.15) is 38.8 Å². The van der Waals surface area contributed by atoms with E-state index in [1.54, 1.807) is 4.90 Å². The quantitative estimate of drug-likeness (QED) is 0.691. The van der Waals surface area contributed by atoms with Crippen molar-refractivity contribution in [2.24, 2.45) is 0 Å². The summed E-state index contributed by atoms with van der Waals surface area (Å²) in [5.41, 5.74) is 0.333. The standard InChI is InChI=1S/C16H21BrClNO3/c1-16(2,3)22-15(20)19-7-4-8-21-10-14(19)12-9-11(17)5-6-13(12)18/h5-6,9,14H,4,7-8,10H2,1-3H3. The van der Waals surface area contributed by atoms with Gasteiger partial charge >= 0.3 is 6.09 Å². The first kappa shape index (κ1) is 17.6. The number of hydrogen-bond acceptors (Lipinski definition) is 3. The summed E-state index contributed by atoms with van der Waals surface area (Å²) in [7, 11) is 0. The summed E-state index contributed by atoms with van der Waals surface area (Å²) >= 11 is 9.78. The van der Waals surface area contributed by atoms with Gasteiger partial charge in [-0.1, -0.05) is 27.5 Å². The van der Waals surface area contributed by atoms with Gasteiger partial charge in [-0.2, -0.15) is 0 Å². The molecule has 1 aliphatic heterocycles. The van der Waals surface area contributed by atoms with Crippen LogP contribution < -0.4 is 0 Å². The van der Waals surface area contributed by atoms with Crippen molar-refractivity contribution in [3.63, 3.8) is 0 Å². The molecule has 2 rings (SSSR count). The van der Waals surface area contributed by atoms with Crippen molar-refractivity contribution in [1.29, 1.82) is 0 Å². The Labute approximate surface area is 144 Å². The lowest BCUT2D eigenvalue weighted by Crippen LogP contribution is -2.40. The minimum atomic E-state index is -0.532. The average molecular weight is 391 g/mol. The maximum absolute atomic E-state index is 12.5. The number of carbonyl (C=O) groups is 1. The molecule has 0 aliphatic carbocycles. The zero-order valence-corrected chi connectivity index (χ0v) is 15.4. The van der Waals surface area contributed by atoms with Crippen LogP contribution in [0.3, 0.4) is 0 Å². The Morgan fingerprint density at radius 2 is 2.18 bits per heavy atom. The summed E-state index contributed by atoms with van der Waals surface area (Å²) in [6.07, 6.45) is 0.445. The van der Waals surface area contributed by atoms with Crippen LogP contribution in [0, 0.1) is 0 Å². The second-order valence-electron chi connectivity index (χ2n) is 6.28. The lowest BCUT2D eigenvalue weighted by molar-refractivity contribution is 0.0119. The third kappa shape index (κ3) is 4.61. The molecule has 0 N–H and O–H groups in total. The Morgan fingerprint density at radius 3 is 2.86 bits per heavy atom. The van der Waals surface area contributed by atoms with Gasteiger partial charge in [-0.25, -0.2) is 4.79 Å². The molecule has 1 fully saturated rings. The zero-order valence-electron chi connectivity index (χ0n) is 13.1. The number of benzene rings is 1. The predicted molar refractivity (Wildman–Crippen MR) is 90.3 cm³/mol. The number of nitrogens with zero attached hydrogens (tertiary/aromatic N) is 1. The fourth-order valence-electron chi connectivity index (χ4n) is 2.34. The van der Waals surface area contributed by atoms with Crippen LogP contribution >= 0.6 is 27.5 Å². The smallest absolute Gasteiger partial charge is 0.410 e. The third-order valence-corrected chi connectivity index (χ3v) is 4.12. The van der Waals surface area contributed by atoms with E-state index in [1.807, 2.05) is 39.0 Å². The molecule has 1 aromatic rings. The largest absolute Gasteiger partial charge is 0.444 e. The molecular weight excluding hydrogens is 370 g/mol. The van der Waals surface area contributed by atoms with Crippen molar-refractivity contribution in [3.8, 4) is 0 Å². The molecule has 1 heterocycles. The molecule has 4 nitrogen and oxygen atoms in total. The van der Waals surface area contributed by atoms with Crippen LogP contribution in [0.4, 0.5) is 4.79 Å². The lowest BCUT2D eigenvalue weighted by atomic mass is 10.1. The van der Waals surface area contributed by atoms with Crippen LogP contribution in [-0.4, -0.2) is 36.4 Å². The molecule has 1 amide bonds. The maximum Gasteiger partial charge on any atom is 0.410 e. The monoisotopic (exact) mass is 389 g/mol. The normalized spacial score (nSPS) is 19.7. The van der Waals surface area contributed by atoms with Crippen LogP contribution in [-0.2, 0) is 9.47 Å². The summed E-state index contributed by atoms with van der Waals surface area (Å²) in [5.74, 6) is 0. The molecule has 0 spiro atoms. The molecule has 1 aromatic carbocycles. The Balaban J connectivity index is 2.31. The lowest BCUT2D eigenvalue weighted by Gasteiger charge is -2.32. The Kier molecular flexibility index (Phi) is 5.75. The minimum absolute atomic E-state index is 0.248. The van der Waals surface area contributed by atoms with E-state index in [0.29, 0.717) is 24.8 Å². The number of rotatable bonds is 1. The molecule has 1 atom stereocenters. The predicted octanol–water partition coefficient (Wildman–Crippen LogP) is 4.80. The van der Waals surface area contributed by atoms with Gasteiger partial charge in [-0.15, -0.1) is 0 Å². The van der Waals surface area contributed by atoms with E-state index in [4.69, 9.17) is 21.1 Å². The summed E-state index contributed by atoms with van der Waals surface area (Å²) in [6, 6.07) is 5.38. The molecule has 0 bridgehead atoms. The van der Waals surface area contributed by atoms with Gasteiger partial charge in [0.1, 0.15) is 5.60 Å². The first-order valence-electron chi connectivity index (χ1n) is 7.30. The van der Waals surface area contributed by atoms with E-state index in [-0.39, 0.29) is 12.1 Å². The summed E-state index contributed by atoms with van der Waals surface area (Å²) in [5, 5.41) is 0.618. The van der Waals surface area contributed by atoms with Gasteiger partial charge in [0.25, 0.3) is 0 Å². The molecule has 122 valence electrons. The van der Waals surface area contributed by atoms with Gasteiger partial charge in [-0.3, -0.25) is 4.90 Å². The van der Waals surface area contributed by atoms with Crippen molar-refractivity contribution in [2.75, 3.05) is 19.8 Å². The topological polar surface area (TPSA) is 38.8 Å². The summed E-state index contributed by atoms with van der Waals surface area (Å²) in [4.78, 5) is 14.3. The highest BCUT2D eigenvalue weighted by Gasteiger charge is 2.32. The van der Waals surface area contributed by atoms with E-state index in [1.165, 1.54) is 0 Å². The van der Waals surface area contributed by atoms with Gasteiger partial charge < -0.3 is 9.47 Å². The molecular formula is C16H21BrClNO3. The van der Waals surface area contributed by atoms with Gasteiger partial charge in [0.15, 0.2) is 0 Å². The Morgan fingerprint density at radius 1 is 1.45 bits per heavy atom.